The minimum absolute atomic E-state index is 0.0280. The van der Waals surface area contributed by atoms with Crippen LogP contribution in [0.25, 0.3) is 0 Å². The molecular weight excluding hydrogens is 336 g/mol. The predicted octanol–water partition coefficient (Wildman–Crippen LogP) is 6.13. The summed E-state index contributed by atoms with van der Waals surface area (Å²) in [5, 5.41) is 11.0. The molecule has 1 N–H and O–H groups in total. The minimum atomic E-state index is -0.108. The largest absolute Gasteiger partial charge is 0.507 e. The number of phenols is 1. The second-order valence-corrected chi connectivity index (χ2v) is 7.57. The van der Waals surface area contributed by atoms with E-state index in [1.807, 2.05) is 53.7 Å². The van der Waals surface area contributed by atoms with Crippen LogP contribution in [0.2, 0.25) is 5.02 Å². The Bertz CT molecular complexity index is 677. The van der Waals surface area contributed by atoms with Crippen LogP contribution in [0.5, 0.6) is 11.5 Å². The minimum Gasteiger partial charge on any atom is -0.507 e. The summed E-state index contributed by atoms with van der Waals surface area (Å²) in [6.07, 6.45) is 4.75. The number of hydrogen-bond donors (Lipinski definition) is 1. The Morgan fingerprint density at radius 1 is 1.20 bits per heavy atom. The molecule has 0 bridgehead atoms. The lowest BCUT2D eigenvalue weighted by atomic mass is 9.96. The van der Waals surface area contributed by atoms with Crippen molar-refractivity contribution < 1.29 is 14.6 Å². The number of benzene rings is 1. The van der Waals surface area contributed by atoms with Gasteiger partial charge in [0.1, 0.15) is 18.1 Å². The number of ether oxygens (including phenoxy) is 1. The van der Waals surface area contributed by atoms with Gasteiger partial charge in [-0.05, 0) is 52.2 Å². The van der Waals surface area contributed by atoms with Crippen molar-refractivity contribution in [2.24, 2.45) is 5.92 Å². The SMILES string of the molecule is CC(C)=CCOc1c(Cl)cc(C(=O)CC(C)C)c(O)c1CC=C(C)C. The van der Waals surface area contributed by atoms with Gasteiger partial charge in [-0.25, -0.2) is 0 Å². The summed E-state index contributed by atoms with van der Waals surface area (Å²) < 4.78 is 5.80. The number of hydrogen-bond acceptors (Lipinski definition) is 3. The van der Waals surface area contributed by atoms with E-state index in [0.717, 1.165) is 11.1 Å². The number of phenolic OH excluding ortho intramolecular Hbond substituents is 1. The van der Waals surface area contributed by atoms with E-state index in [9.17, 15) is 9.90 Å². The van der Waals surface area contributed by atoms with Crippen LogP contribution in [0.15, 0.2) is 29.4 Å². The molecule has 0 aliphatic carbocycles. The molecule has 138 valence electrons. The second-order valence-electron chi connectivity index (χ2n) is 7.16. The van der Waals surface area contributed by atoms with Gasteiger partial charge in [0.05, 0.1) is 10.6 Å². The predicted molar refractivity (Wildman–Crippen MR) is 105 cm³/mol. The molecule has 1 aromatic rings. The Hall–Kier alpha value is -1.74. The number of halogens is 1. The standard InChI is InChI=1S/C21H29ClO3/c1-13(2)7-8-16-20(24)17(19(23)11-15(5)6)12-18(22)21(16)25-10-9-14(3)4/h7,9,12,15,24H,8,10-11H2,1-6H3. The molecule has 0 amide bonds. The van der Waals surface area contributed by atoms with Crippen molar-refractivity contribution in [3.63, 3.8) is 0 Å². The van der Waals surface area contributed by atoms with Crippen molar-refractivity contribution in [3.05, 3.63) is 45.5 Å². The zero-order valence-corrected chi connectivity index (χ0v) is 16.8. The smallest absolute Gasteiger partial charge is 0.166 e. The Labute approximate surface area is 156 Å². The molecule has 0 atom stereocenters. The van der Waals surface area contributed by atoms with Gasteiger partial charge in [-0.1, -0.05) is 42.7 Å². The van der Waals surface area contributed by atoms with Crippen LogP contribution in [0.3, 0.4) is 0 Å². The summed E-state index contributed by atoms with van der Waals surface area (Å²) in [7, 11) is 0. The van der Waals surface area contributed by atoms with Crippen molar-refractivity contribution in [2.45, 2.75) is 54.4 Å². The van der Waals surface area contributed by atoms with Gasteiger partial charge in [-0.3, -0.25) is 4.79 Å². The molecular formula is C21H29ClO3. The maximum atomic E-state index is 12.4. The van der Waals surface area contributed by atoms with Crippen LogP contribution in [0, 0.1) is 5.92 Å². The summed E-state index contributed by atoms with van der Waals surface area (Å²) in [5.41, 5.74) is 3.08. The highest BCUT2D eigenvalue weighted by atomic mass is 35.5. The molecule has 1 aromatic carbocycles. The van der Waals surface area contributed by atoms with Gasteiger partial charge < -0.3 is 9.84 Å². The van der Waals surface area contributed by atoms with Crippen LogP contribution in [-0.4, -0.2) is 17.5 Å². The molecule has 1 rings (SSSR count). The number of allylic oxidation sites excluding steroid dienone is 3. The summed E-state index contributed by atoms with van der Waals surface area (Å²) in [5.74, 6) is 0.513. The number of carbonyl (C=O) groups is 1. The van der Waals surface area contributed by atoms with E-state index >= 15 is 0 Å². The first-order chi connectivity index (χ1) is 11.6. The van der Waals surface area contributed by atoms with E-state index in [4.69, 9.17) is 16.3 Å². The molecule has 25 heavy (non-hydrogen) atoms. The Kier molecular flexibility index (Phi) is 8.24. The second kappa shape index (κ2) is 9.67. The Morgan fingerprint density at radius 3 is 2.32 bits per heavy atom. The lowest BCUT2D eigenvalue weighted by molar-refractivity contribution is 0.0965. The molecule has 0 unspecified atom stereocenters. The maximum Gasteiger partial charge on any atom is 0.166 e. The fourth-order valence-electron chi connectivity index (χ4n) is 2.31. The van der Waals surface area contributed by atoms with Gasteiger partial charge in [-0.15, -0.1) is 0 Å². The average molecular weight is 365 g/mol. The number of Topliss-reactive ketones (excluding diaryl/α,β-unsaturated/α-hetero) is 1. The topological polar surface area (TPSA) is 46.5 Å². The van der Waals surface area contributed by atoms with Crippen molar-refractivity contribution in [1.82, 2.24) is 0 Å². The summed E-state index contributed by atoms with van der Waals surface area (Å²) in [6, 6.07) is 1.52. The lowest BCUT2D eigenvalue weighted by Gasteiger charge is -2.16. The Balaban J connectivity index is 3.35. The molecule has 0 heterocycles. The first-order valence-electron chi connectivity index (χ1n) is 8.60. The first kappa shape index (κ1) is 21.3. The zero-order chi connectivity index (χ0) is 19.1. The Morgan fingerprint density at radius 2 is 1.80 bits per heavy atom. The first-order valence-corrected chi connectivity index (χ1v) is 8.98. The lowest BCUT2D eigenvalue weighted by Crippen LogP contribution is -2.07. The van der Waals surface area contributed by atoms with Gasteiger partial charge in [0, 0.05) is 12.0 Å². The molecule has 0 saturated heterocycles. The third-order valence-corrected chi connectivity index (χ3v) is 3.91. The van der Waals surface area contributed by atoms with Crippen molar-refractivity contribution in [3.8, 4) is 11.5 Å². The highest BCUT2D eigenvalue weighted by Gasteiger charge is 2.22. The number of rotatable bonds is 8. The molecule has 0 radical (unpaired) electrons. The van der Waals surface area contributed by atoms with Crippen molar-refractivity contribution in [1.29, 1.82) is 0 Å². The third-order valence-electron chi connectivity index (χ3n) is 3.63. The monoisotopic (exact) mass is 364 g/mol. The van der Waals surface area contributed by atoms with E-state index in [-0.39, 0.29) is 23.0 Å². The molecule has 3 nitrogen and oxygen atoms in total. The van der Waals surface area contributed by atoms with Gasteiger partial charge in [0.2, 0.25) is 0 Å². The van der Waals surface area contributed by atoms with Crippen molar-refractivity contribution in [2.75, 3.05) is 6.61 Å². The van der Waals surface area contributed by atoms with Gasteiger partial charge in [0.15, 0.2) is 5.78 Å². The number of aromatic hydroxyl groups is 1. The number of carbonyl (C=O) groups excluding carboxylic acids is 1. The maximum absolute atomic E-state index is 12.4. The highest BCUT2D eigenvalue weighted by Crippen LogP contribution is 2.39. The molecule has 0 aromatic heterocycles. The van der Waals surface area contributed by atoms with E-state index in [0.29, 0.717) is 35.8 Å². The molecule has 0 aliphatic rings. The van der Waals surface area contributed by atoms with Gasteiger partial charge in [-0.2, -0.15) is 0 Å². The van der Waals surface area contributed by atoms with Crippen molar-refractivity contribution >= 4 is 17.4 Å². The molecule has 0 fully saturated rings. The molecule has 4 heteroatoms. The summed E-state index contributed by atoms with van der Waals surface area (Å²) in [6.45, 7) is 12.2. The zero-order valence-electron chi connectivity index (χ0n) is 16.1. The van der Waals surface area contributed by atoms with E-state index in [1.165, 1.54) is 6.07 Å². The quantitative estimate of drug-likeness (QED) is 0.446. The number of ketones is 1. The van der Waals surface area contributed by atoms with Gasteiger partial charge in [0.25, 0.3) is 0 Å². The van der Waals surface area contributed by atoms with E-state index in [2.05, 4.69) is 0 Å². The fraction of sp³-hybridized carbons (Fsp3) is 0.476. The van der Waals surface area contributed by atoms with Crippen LogP contribution in [0.4, 0.5) is 0 Å². The third kappa shape index (κ3) is 6.58. The summed E-state index contributed by atoms with van der Waals surface area (Å²) in [4.78, 5) is 12.4. The highest BCUT2D eigenvalue weighted by molar-refractivity contribution is 6.32. The van der Waals surface area contributed by atoms with E-state index in [1.54, 1.807) is 0 Å². The fourth-order valence-corrected chi connectivity index (χ4v) is 2.59. The van der Waals surface area contributed by atoms with Crippen LogP contribution in [0.1, 0.15) is 63.9 Å². The molecule has 0 aliphatic heterocycles. The van der Waals surface area contributed by atoms with Crippen LogP contribution < -0.4 is 4.74 Å². The molecule has 0 saturated carbocycles. The van der Waals surface area contributed by atoms with Crippen LogP contribution >= 0.6 is 11.6 Å². The molecule has 0 spiro atoms. The van der Waals surface area contributed by atoms with Crippen LogP contribution in [-0.2, 0) is 6.42 Å². The summed E-state index contributed by atoms with van der Waals surface area (Å²) >= 11 is 6.39. The average Bonchev–Trinajstić information content (AvgIpc) is 2.48. The normalized spacial score (nSPS) is 10.6. The van der Waals surface area contributed by atoms with E-state index < -0.39 is 0 Å². The van der Waals surface area contributed by atoms with Gasteiger partial charge >= 0.3 is 0 Å².